The number of ether oxygens (including phenoxy) is 1. The van der Waals surface area contributed by atoms with Gasteiger partial charge in [-0.3, -0.25) is 4.79 Å². The molecule has 1 amide bonds. The molecule has 0 saturated carbocycles. The van der Waals surface area contributed by atoms with E-state index in [1.54, 1.807) is 6.08 Å². The van der Waals surface area contributed by atoms with Crippen molar-refractivity contribution in [3.63, 3.8) is 0 Å². The first kappa shape index (κ1) is 15.9. The predicted octanol–water partition coefficient (Wildman–Crippen LogP) is 2.79. The van der Waals surface area contributed by atoms with Crippen LogP contribution >= 0.6 is 11.6 Å². The van der Waals surface area contributed by atoms with Gasteiger partial charge in [0.1, 0.15) is 0 Å². The van der Waals surface area contributed by atoms with E-state index in [0.717, 1.165) is 31.7 Å². The normalized spacial score (nSPS) is 31.1. The number of nitrogens with one attached hydrogen (secondary N) is 2. The van der Waals surface area contributed by atoms with E-state index in [0.29, 0.717) is 18.0 Å². The highest BCUT2D eigenvalue weighted by Gasteiger charge is 2.45. The average Bonchev–Trinajstić information content (AvgIpc) is 3.18. The lowest BCUT2D eigenvalue weighted by atomic mass is 9.93. The van der Waals surface area contributed by atoms with Gasteiger partial charge in [-0.25, -0.2) is 0 Å². The molecule has 24 heavy (non-hydrogen) atoms. The summed E-state index contributed by atoms with van der Waals surface area (Å²) in [6.07, 6.45) is 8.20. The minimum absolute atomic E-state index is 0.0114. The highest BCUT2D eigenvalue weighted by atomic mass is 35.5. The summed E-state index contributed by atoms with van der Waals surface area (Å²) in [5.41, 5.74) is 2.67. The number of anilines is 1. The van der Waals surface area contributed by atoms with Gasteiger partial charge in [0.15, 0.2) is 0 Å². The molecule has 1 unspecified atom stereocenters. The second-order valence-corrected chi connectivity index (χ2v) is 7.43. The number of hydrogen-bond donors (Lipinski definition) is 2. The van der Waals surface area contributed by atoms with E-state index in [1.807, 2.05) is 24.3 Å². The molecule has 0 radical (unpaired) electrons. The summed E-state index contributed by atoms with van der Waals surface area (Å²) in [6.45, 7) is 1.75. The third-order valence-corrected chi connectivity index (χ3v) is 5.29. The molecular formula is C19H21ClN2O2. The molecule has 2 saturated heterocycles. The van der Waals surface area contributed by atoms with Crippen LogP contribution in [0.3, 0.4) is 0 Å². The number of fused-ring (bicyclic) bond motifs is 2. The lowest BCUT2D eigenvalue weighted by Gasteiger charge is -2.26. The number of halogens is 1. The molecule has 2 bridgehead atoms. The van der Waals surface area contributed by atoms with Gasteiger partial charge in [-0.2, -0.15) is 0 Å². The van der Waals surface area contributed by atoms with Gasteiger partial charge in [0.25, 0.3) is 5.91 Å². The highest BCUT2D eigenvalue weighted by Crippen LogP contribution is 2.34. The fourth-order valence-corrected chi connectivity index (χ4v) is 3.82. The molecule has 3 atom stereocenters. The Kier molecular flexibility index (Phi) is 4.21. The first-order chi connectivity index (χ1) is 11.6. The predicted molar refractivity (Wildman–Crippen MR) is 95.3 cm³/mol. The Morgan fingerprint density at radius 3 is 2.79 bits per heavy atom. The Bertz CT molecular complexity index is 688. The van der Waals surface area contributed by atoms with Gasteiger partial charge in [-0.15, -0.1) is 11.6 Å². The zero-order chi connectivity index (χ0) is 16.6. The maximum Gasteiger partial charge on any atom is 0.255 e. The number of carbonyl (C=O) groups excluding carboxylic acids is 1. The fourth-order valence-electron chi connectivity index (χ4n) is 3.66. The van der Waals surface area contributed by atoms with Crippen LogP contribution in [0.5, 0.6) is 0 Å². The van der Waals surface area contributed by atoms with E-state index in [9.17, 15) is 4.79 Å². The molecule has 0 spiro atoms. The molecule has 2 aliphatic heterocycles. The molecule has 2 fully saturated rings. The van der Waals surface area contributed by atoms with E-state index >= 15 is 0 Å². The molecule has 1 aromatic carbocycles. The SMILES string of the molecule is O=C(Nc1ccc(C[C@@]23CN[C@@H](CO2)C3)cc1)C1=CCC(Cl)C=C1. The largest absolute Gasteiger partial charge is 0.372 e. The molecule has 0 aromatic heterocycles. The minimum Gasteiger partial charge on any atom is -0.372 e. The number of amides is 1. The molecule has 3 aliphatic rings. The van der Waals surface area contributed by atoms with Gasteiger partial charge < -0.3 is 15.4 Å². The number of carbonyl (C=O) groups is 1. The van der Waals surface area contributed by atoms with Crippen LogP contribution in [-0.4, -0.2) is 36.1 Å². The number of allylic oxidation sites excluding steroid dienone is 2. The third kappa shape index (κ3) is 3.27. The van der Waals surface area contributed by atoms with Crippen molar-refractivity contribution in [2.24, 2.45) is 0 Å². The quantitative estimate of drug-likeness (QED) is 0.826. The number of benzene rings is 1. The highest BCUT2D eigenvalue weighted by molar-refractivity contribution is 6.22. The first-order valence-electron chi connectivity index (χ1n) is 8.42. The zero-order valence-electron chi connectivity index (χ0n) is 13.4. The zero-order valence-corrected chi connectivity index (χ0v) is 14.2. The molecule has 2 heterocycles. The van der Waals surface area contributed by atoms with Gasteiger partial charge in [0.05, 0.1) is 17.6 Å². The Hall–Kier alpha value is -1.62. The Labute approximate surface area is 146 Å². The summed E-state index contributed by atoms with van der Waals surface area (Å²) in [6, 6.07) is 8.57. The topological polar surface area (TPSA) is 50.4 Å². The van der Waals surface area contributed by atoms with Gasteiger partial charge >= 0.3 is 0 Å². The third-order valence-electron chi connectivity index (χ3n) is 4.97. The van der Waals surface area contributed by atoms with Crippen molar-refractivity contribution in [3.05, 3.63) is 53.6 Å². The van der Waals surface area contributed by atoms with Crippen molar-refractivity contribution in [1.82, 2.24) is 5.32 Å². The van der Waals surface area contributed by atoms with Crippen LogP contribution in [0, 0.1) is 0 Å². The summed E-state index contributed by atoms with van der Waals surface area (Å²) in [5.74, 6) is -0.0943. The van der Waals surface area contributed by atoms with E-state index in [4.69, 9.17) is 16.3 Å². The number of hydrogen-bond acceptors (Lipinski definition) is 3. The summed E-state index contributed by atoms with van der Waals surface area (Å²) in [7, 11) is 0. The molecule has 1 aromatic rings. The first-order valence-corrected chi connectivity index (χ1v) is 8.86. The van der Waals surface area contributed by atoms with E-state index < -0.39 is 0 Å². The fraction of sp³-hybridized carbons (Fsp3) is 0.421. The summed E-state index contributed by atoms with van der Waals surface area (Å²) in [4.78, 5) is 12.2. The Morgan fingerprint density at radius 1 is 1.38 bits per heavy atom. The van der Waals surface area contributed by atoms with E-state index in [-0.39, 0.29) is 16.9 Å². The van der Waals surface area contributed by atoms with Crippen LogP contribution in [-0.2, 0) is 16.0 Å². The lowest BCUT2D eigenvalue weighted by molar-refractivity contribution is -0.112. The molecule has 126 valence electrons. The van der Waals surface area contributed by atoms with Crippen molar-refractivity contribution in [3.8, 4) is 0 Å². The monoisotopic (exact) mass is 344 g/mol. The van der Waals surface area contributed by atoms with Crippen molar-refractivity contribution in [1.29, 1.82) is 0 Å². The van der Waals surface area contributed by atoms with Crippen LogP contribution in [0.1, 0.15) is 18.4 Å². The van der Waals surface area contributed by atoms with Crippen LogP contribution in [0.15, 0.2) is 48.1 Å². The average molecular weight is 345 g/mol. The van der Waals surface area contributed by atoms with Crippen LogP contribution in [0.4, 0.5) is 5.69 Å². The molecule has 5 heteroatoms. The molecule has 4 nitrogen and oxygen atoms in total. The maximum atomic E-state index is 12.2. The number of rotatable bonds is 4. The van der Waals surface area contributed by atoms with Gasteiger partial charge in [0.2, 0.25) is 0 Å². The van der Waals surface area contributed by atoms with Crippen molar-refractivity contribution >= 4 is 23.2 Å². The van der Waals surface area contributed by atoms with Crippen molar-refractivity contribution < 1.29 is 9.53 Å². The lowest BCUT2D eigenvalue weighted by Crippen LogP contribution is -2.40. The maximum absolute atomic E-state index is 12.2. The molecule has 2 N–H and O–H groups in total. The smallest absolute Gasteiger partial charge is 0.255 e. The van der Waals surface area contributed by atoms with E-state index in [2.05, 4.69) is 22.8 Å². The summed E-state index contributed by atoms with van der Waals surface area (Å²) < 4.78 is 5.97. The van der Waals surface area contributed by atoms with Crippen LogP contribution in [0.2, 0.25) is 0 Å². The second-order valence-electron chi connectivity index (χ2n) is 6.87. The Morgan fingerprint density at radius 2 is 2.21 bits per heavy atom. The second kappa shape index (κ2) is 6.36. The standard InChI is InChI=1S/C19H21ClN2O2/c20-15-5-3-14(4-6-15)18(23)22-16-7-1-13(2-8-16)9-19-10-17(11-24-19)21-12-19/h1-5,7-8,15,17,21H,6,9-12H2,(H,22,23)/t15?,17-,19-/m1/s1. The van der Waals surface area contributed by atoms with E-state index in [1.165, 1.54) is 5.56 Å². The molecule has 4 rings (SSSR count). The summed E-state index contributed by atoms with van der Waals surface area (Å²) in [5, 5.41) is 6.41. The number of alkyl halides is 1. The molecular weight excluding hydrogens is 324 g/mol. The van der Waals surface area contributed by atoms with Gasteiger partial charge in [-0.1, -0.05) is 30.4 Å². The van der Waals surface area contributed by atoms with Gasteiger partial charge in [0, 0.05) is 30.3 Å². The molecule has 1 aliphatic carbocycles. The number of morpholine rings is 1. The Balaban J connectivity index is 1.37. The van der Waals surface area contributed by atoms with Gasteiger partial charge in [-0.05, 0) is 30.5 Å². The summed E-state index contributed by atoms with van der Waals surface area (Å²) >= 11 is 5.98. The van der Waals surface area contributed by atoms with Crippen molar-refractivity contribution in [2.75, 3.05) is 18.5 Å². The van der Waals surface area contributed by atoms with Crippen molar-refractivity contribution in [2.45, 2.75) is 36.3 Å². The minimum atomic E-state index is -0.0943. The van der Waals surface area contributed by atoms with Crippen LogP contribution in [0.25, 0.3) is 0 Å². The van der Waals surface area contributed by atoms with Crippen LogP contribution < -0.4 is 10.6 Å².